The molecule has 3 rings (SSSR count). The third-order valence-electron chi connectivity index (χ3n) is 4.44. The molecule has 0 radical (unpaired) electrons. The van der Waals surface area contributed by atoms with Crippen molar-refractivity contribution < 1.29 is 4.79 Å². The normalized spacial score (nSPS) is 11.8. The van der Waals surface area contributed by atoms with Gasteiger partial charge >= 0.3 is 0 Å². The lowest BCUT2D eigenvalue weighted by atomic mass is 10.1. The summed E-state index contributed by atoms with van der Waals surface area (Å²) in [6.07, 6.45) is 0.460. The highest BCUT2D eigenvalue weighted by molar-refractivity contribution is 5.93. The van der Waals surface area contributed by atoms with Gasteiger partial charge in [0, 0.05) is 17.3 Å². The van der Waals surface area contributed by atoms with Gasteiger partial charge in [0.15, 0.2) is 0 Å². The highest BCUT2D eigenvalue weighted by Crippen LogP contribution is 2.19. The molecule has 5 heteroatoms. The molecule has 0 aliphatic carbocycles. The minimum atomic E-state index is -0.677. The maximum absolute atomic E-state index is 12.8. The molecule has 0 aliphatic rings. The molecule has 0 bridgehead atoms. The first-order valence-electron chi connectivity index (χ1n) is 9.02. The summed E-state index contributed by atoms with van der Waals surface area (Å²) >= 11 is 0. The third kappa shape index (κ3) is 4.31. The van der Waals surface area contributed by atoms with E-state index in [1.54, 1.807) is 6.07 Å². The summed E-state index contributed by atoms with van der Waals surface area (Å²) < 4.78 is 1.28. The Balaban J connectivity index is 1.92. The van der Waals surface area contributed by atoms with Crippen LogP contribution < -0.4 is 10.9 Å². The van der Waals surface area contributed by atoms with Crippen LogP contribution >= 0.6 is 0 Å². The van der Waals surface area contributed by atoms with Gasteiger partial charge in [-0.05, 0) is 44.0 Å². The second-order valence-corrected chi connectivity index (χ2v) is 6.65. The van der Waals surface area contributed by atoms with Gasteiger partial charge in [0.2, 0.25) is 5.91 Å². The Morgan fingerprint density at radius 1 is 1.04 bits per heavy atom. The molecule has 5 nitrogen and oxygen atoms in total. The minimum absolute atomic E-state index is 0.251. The van der Waals surface area contributed by atoms with Crippen molar-refractivity contribution in [2.45, 2.75) is 33.2 Å². The lowest BCUT2D eigenvalue weighted by molar-refractivity contribution is -0.119. The Bertz CT molecular complexity index is 1010. The van der Waals surface area contributed by atoms with Gasteiger partial charge in [-0.15, -0.1) is 0 Å². The van der Waals surface area contributed by atoms with Crippen molar-refractivity contribution in [3.63, 3.8) is 0 Å². The van der Waals surface area contributed by atoms with Crippen molar-refractivity contribution in [2.75, 3.05) is 5.32 Å². The van der Waals surface area contributed by atoms with Gasteiger partial charge in [0.1, 0.15) is 6.04 Å². The summed E-state index contributed by atoms with van der Waals surface area (Å²) in [7, 11) is 0. The maximum Gasteiger partial charge on any atom is 0.267 e. The fourth-order valence-corrected chi connectivity index (χ4v) is 2.94. The summed E-state index contributed by atoms with van der Waals surface area (Å²) in [4.78, 5) is 25.2. The van der Waals surface area contributed by atoms with Crippen molar-refractivity contribution >= 4 is 11.6 Å². The number of aryl methyl sites for hydroxylation is 2. The lowest BCUT2D eigenvalue weighted by Crippen LogP contribution is -2.34. The van der Waals surface area contributed by atoms with Gasteiger partial charge < -0.3 is 5.32 Å². The van der Waals surface area contributed by atoms with Crippen molar-refractivity contribution in [3.05, 3.63) is 82.1 Å². The molecule has 1 N–H and O–H groups in total. The first-order chi connectivity index (χ1) is 13.0. The van der Waals surface area contributed by atoms with Crippen molar-refractivity contribution in [1.29, 1.82) is 0 Å². The number of carbonyl (C=O) groups excluding carboxylic acids is 1. The number of benzene rings is 2. The zero-order valence-corrected chi connectivity index (χ0v) is 15.8. The van der Waals surface area contributed by atoms with E-state index in [2.05, 4.69) is 10.4 Å². The molecule has 1 aromatic heterocycles. The number of anilines is 1. The summed E-state index contributed by atoms with van der Waals surface area (Å²) in [5.41, 5.74) is 4.19. The van der Waals surface area contributed by atoms with Crippen molar-refractivity contribution in [1.82, 2.24) is 9.78 Å². The molecule has 0 spiro atoms. The monoisotopic (exact) mass is 361 g/mol. The summed E-state index contributed by atoms with van der Waals surface area (Å²) in [5.74, 6) is -0.251. The van der Waals surface area contributed by atoms with Gasteiger partial charge in [-0.2, -0.15) is 5.10 Å². The van der Waals surface area contributed by atoms with E-state index in [1.807, 2.05) is 69.3 Å². The van der Waals surface area contributed by atoms with Crippen LogP contribution in [0.2, 0.25) is 0 Å². The van der Waals surface area contributed by atoms with E-state index in [9.17, 15) is 9.59 Å². The maximum atomic E-state index is 12.8. The van der Waals surface area contributed by atoms with Gasteiger partial charge in [0.25, 0.3) is 5.56 Å². The van der Waals surface area contributed by atoms with E-state index >= 15 is 0 Å². The number of nitrogens with one attached hydrogen (secondary N) is 1. The molecule has 1 amide bonds. The van der Waals surface area contributed by atoms with E-state index in [0.29, 0.717) is 17.8 Å². The Kier molecular flexibility index (Phi) is 5.50. The number of carbonyl (C=O) groups is 1. The Morgan fingerprint density at radius 2 is 1.78 bits per heavy atom. The van der Waals surface area contributed by atoms with E-state index in [-0.39, 0.29) is 11.5 Å². The van der Waals surface area contributed by atoms with Gasteiger partial charge in [-0.25, -0.2) is 4.68 Å². The SMILES string of the molecule is CC[C@@H](C(=O)Nc1cccc(C)c1)n1nc(-c2ccc(C)cc2)ccc1=O. The van der Waals surface area contributed by atoms with Crippen LogP contribution in [0.1, 0.15) is 30.5 Å². The van der Waals surface area contributed by atoms with Crippen LogP contribution in [-0.2, 0) is 4.79 Å². The standard InChI is InChI=1S/C22H23N3O2/c1-4-20(22(27)23-18-7-5-6-16(3)14-18)25-21(26)13-12-19(24-25)17-10-8-15(2)9-11-17/h5-14,20H,4H2,1-3H3,(H,23,27)/t20-/m0/s1. The van der Waals surface area contributed by atoms with Crippen LogP contribution in [0.25, 0.3) is 11.3 Å². The molecule has 0 saturated carbocycles. The quantitative estimate of drug-likeness (QED) is 0.743. The van der Waals surface area contributed by atoms with Crippen molar-refractivity contribution in [3.8, 4) is 11.3 Å². The number of amides is 1. The molecule has 27 heavy (non-hydrogen) atoms. The molecule has 0 aliphatic heterocycles. The summed E-state index contributed by atoms with van der Waals surface area (Å²) in [5, 5.41) is 7.35. The second kappa shape index (κ2) is 7.99. The first kappa shape index (κ1) is 18.6. The van der Waals surface area contributed by atoms with Crippen LogP contribution in [-0.4, -0.2) is 15.7 Å². The molecule has 1 atom stereocenters. The van der Waals surface area contributed by atoms with Crippen LogP contribution in [0.5, 0.6) is 0 Å². The fraction of sp³-hybridized carbons (Fsp3) is 0.227. The largest absolute Gasteiger partial charge is 0.324 e. The van der Waals surface area contributed by atoms with E-state index in [4.69, 9.17) is 0 Å². The zero-order chi connectivity index (χ0) is 19.4. The third-order valence-corrected chi connectivity index (χ3v) is 4.44. The lowest BCUT2D eigenvalue weighted by Gasteiger charge is -2.17. The minimum Gasteiger partial charge on any atom is -0.324 e. The molecule has 3 aromatic rings. The molecule has 0 unspecified atom stereocenters. The average molecular weight is 361 g/mol. The van der Waals surface area contributed by atoms with E-state index in [0.717, 1.165) is 16.7 Å². The van der Waals surface area contributed by atoms with Gasteiger partial charge in [0.05, 0.1) is 5.69 Å². The number of hydrogen-bond donors (Lipinski definition) is 1. The smallest absolute Gasteiger partial charge is 0.267 e. The number of hydrogen-bond acceptors (Lipinski definition) is 3. The highest BCUT2D eigenvalue weighted by atomic mass is 16.2. The molecule has 2 aromatic carbocycles. The van der Waals surface area contributed by atoms with Crippen LogP contribution in [0.4, 0.5) is 5.69 Å². The van der Waals surface area contributed by atoms with Gasteiger partial charge in [-0.1, -0.05) is 48.9 Å². The Morgan fingerprint density at radius 3 is 2.44 bits per heavy atom. The van der Waals surface area contributed by atoms with Crippen LogP contribution in [0.3, 0.4) is 0 Å². The van der Waals surface area contributed by atoms with Crippen LogP contribution in [0, 0.1) is 13.8 Å². The topological polar surface area (TPSA) is 64.0 Å². The summed E-state index contributed by atoms with van der Waals surface area (Å²) in [6.45, 7) is 5.85. The molecular formula is C22H23N3O2. The zero-order valence-electron chi connectivity index (χ0n) is 15.8. The van der Waals surface area contributed by atoms with E-state index in [1.165, 1.54) is 10.7 Å². The average Bonchev–Trinajstić information content (AvgIpc) is 2.64. The molecule has 138 valence electrons. The molecule has 0 saturated heterocycles. The first-order valence-corrected chi connectivity index (χ1v) is 9.02. The number of aromatic nitrogens is 2. The number of rotatable bonds is 5. The molecule has 0 fully saturated rings. The van der Waals surface area contributed by atoms with E-state index < -0.39 is 6.04 Å². The number of nitrogens with zero attached hydrogens (tertiary/aromatic N) is 2. The van der Waals surface area contributed by atoms with Crippen molar-refractivity contribution in [2.24, 2.45) is 0 Å². The predicted molar refractivity (Wildman–Crippen MR) is 108 cm³/mol. The summed E-state index contributed by atoms with van der Waals surface area (Å²) in [6, 6.07) is 17.9. The molecule has 1 heterocycles. The predicted octanol–water partition coefficient (Wildman–Crippen LogP) is 4.12. The molecular weight excluding hydrogens is 338 g/mol. The van der Waals surface area contributed by atoms with Gasteiger partial charge in [-0.3, -0.25) is 9.59 Å². The fourth-order valence-electron chi connectivity index (χ4n) is 2.94. The Hall–Kier alpha value is -3.21. The highest BCUT2D eigenvalue weighted by Gasteiger charge is 2.21. The van der Waals surface area contributed by atoms with Crippen LogP contribution in [0.15, 0.2) is 65.5 Å². The Labute approximate surface area is 158 Å². The second-order valence-electron chi connectivity index (χ2n) is 6.65.